The highest BCUT2D eigenvalue weighted by Gasteiger charge is 2.22. The summed E-state index contributed by atoms with van der Waals surface area (Å²) in [5.41, 5.74) is 0.670. The van der Waals surface area contributed by atoms with Gasteiger partial charge in [0.15, 0.2) is 0 Å². The molecule has 1 aromatic rings. The topological polar surface area (TPSA) is 62.9 Å². The molecule has 1 atom stereocenters. The van der Waals surface area contributed by atoms with Crippen molar-refractivity contribution in [3.05, 3.63) is 23.2 Å². The molecule has 1 saturated heterocycles. The summed E-state index contributed by atoms with van der Waals surface area (Å²) in [4.78, 5) is 13.0. The van der Waals surface area contributed by atoms with Gasteiger partial charge in [-0.1, -0.05) is 0 Å². The summed E-state index contributed by atoms with van der Waals surface area (Å²) >= 11 is 0. The molecule has 0 aliphatic carbocycles. The summed E-state index contributed by atoms with van der Waals surface area (Å²) in [7, 11) is 2.00. The number of hydrogen-bond donors (Lipinski definition) is 1. The van der Waals surface area contributed by atoms with Gasteiger partial charge in [0.25, 0.3) is 0 Å². The lowest BCUT2D eigenvalue weighted by atomic mass is 10.2. The Morgan fingerprint density at radius 2 is 2.41 bits per heavy atom. The molecule has 5 nitrogen and oxygen atoms in total. The van der Waals surface area contributed by atoms with Crippen molar-refractivity contribution in [2.24, 2.45) is 0 Å². The smallest absolute Gasteiger partial charge is 0.372 e. The molecule has 17 heavy (non-hydrogen) atoms. The number of ether oxygens (including phenoxy) is 1. The Balaban J connectivity index is 2.03. The first kappa shape index (κ1) is 12.1. The molecule has 2 rings (SSSR count). The highest BCUT2D eigenvalue weighted by atomic mass is 16.5. The van der Waals surface area contributed by atoms with E-state index >= 15 is 0 Å². The lowest BCUT2D eigenvalue weighted by molar-refractivity contribution is 0.0656. The van der Waals surface area contributed by atoms with Crippen LogP contribution in [0.25, 0.3) is 0 Å². The number of carboxylic acids is 1. The number of carboxylic acid groups (broad SMARTS) is 1. The van der Waals surface area contributed by atoms with Crippen LogP contribution in [-0.2, 0) is 11.3 Å². The van der Waals surface area contributed by atoms with E-state index in [1.165, 1.54) is 0 Å². The molecule has 1 aliphatic heterocycles. The average Bonchev–Trinajstić information content (AvgIpc) is 2.86. The van der Waals surface area contributed by atoms with E-state index in [1.54, 1.807) is 13.0 Å². The minimum absolute atomic E-state index is 0.0380. The molecule has 1 aliphatic rings. The molecular formula is C12H17NO4. The molecule has 0 saturated carbocycles. The fourth-order valence-corrected chi connectivity index (χ4v) is 2.08. The Morgan fingerprint density at radius 1 is 1.65 bits per heavy atom. The Morgan fingerprint density at radius 3 is 2.94 bits per heavy atom. The Kier molecular flexibility index (Phi) is 3.49. The van der Waals surface area contributed by atoms with Crippen molar-refractivity contribution < 1.29 is 19.1 Å². The van der Waals surface area contributed by atoms with Crippen LogP contribution in [0.1, 0.15) is 28.3 Å². The third-order valence-electron chi connectivity index (χ3n) is 3.10. The quantitative estimate of drug-likeness (QED) is 0.862. The van der Waals surface area contributed by atoms with Crippen molar-refractivity contribution in [2.45, 2.75) is 25.9 Å². The van der Waals surface area contributed by atoms with Crippen LogP contribution in [0.5, 0.6) is 0 Å². The lowest BCUT2D eigenvalue weighted by Gasteiger charge is -2.21. The first-order valence-corrected chi connectivity index (χ1v) is 5.68. The monoisotopic (exact) mass is 239 g/mol. The van der Waals surface area contributed by atoms with E-state index in [9.17, 15) is 4.79 Å². The van der Waals surface area contributed by atoms with Crippen LogP contribution in [0, 0.1) is 6.92 Å². The van der Waals surface area contributed by atoms with E-state index in [2.05, 4.69) is 4.90 Å². The first-order chi connectivity index (χ1) is 8.08. The maximum absolute atomic E-state index is 10.8. The van der Waals surface area contributed by atoms with Gasteiger partial charge in [-0.05, 0) is 26.5 Å². The van der Waals surface area contributed by atoms with Crippen molar-refractivity contribution in [1.82, 2.24) is 4.90 Å². The number of hydrogen-bond acceptors (Lipinski definition) is 4. The first-order valence-electron chi connectivity index (χ1n) is 5.68. The molecule has 1 N–H and O–H groups in total. The summed E-state index contributed by atoms with van der Waals surface area (Å²) in [6, 6.07) is 2.18. The largest absolute Gasteiger partial charge is 0.475 e. The maximum Gasteiger partial charge on any atom is 0.372 e. The zero-order valence-corrected chi connectivity index (χ0v) is 10.1. The summed E-state index contributed by atoms with van der Waals surface area (Å²) in [5, 5.41) is 8.90. The second-order valence-corrected chi connectivity index (χ2v) is 4.46. The fraction of sp³-hybridized carbons (Fsp3) is 0.583. The van der Waals surface area contributed by atoms with Gasteiger partial charge in [0.1, 0.15) is 5.76 Å². The SMILES string of the molecule is Cc1cc(CN(C)C2CCOC2)oc1C(=O)O. The number of carbonyl (C=O) groups is 1. The summed E-state index contributed by atoms with van der Waals surface area (Å²) in [6.45, 7) is 3.89. The van der Waals surface area contributed by atoms with Crippen molar-refractivity contribution in [3.63, 3.8) is 0 Å². The average molecular weight is 239 g/mol. The van der Waals surface area contributed by atoms with Crippen molar-refractivity contribution >= 4 is 5.97 Å². The lowest BCUT2D eigenvalue weighted by Crippen LogP contribution is -2.31. The van der Waals surface area contributed by atoms with Gasteiger partial charge in [0, 0.05) is 18.2 Å². The van der Waals surface area contributed by atoms with Gasteiger partial charge in [0.05, 0.1) is 13.2 Å². The summed E-state index contributed by atoms with van der Waals surface area (Å²) in [5.74, 6) is -0.286. The third-order valence-corrected chi connectivity index (χ3v) is 3.10. The van der Waals surface area contributed by atoms with E-state index in [0.29, 0.717) is 23.9 Å². The van der Waals surface area contributed by atoms with Crippen LogP contribution >= 0.6 is 0 Å². The standard InChI is InChI=1S/C12H17NO4/c1-8-5-10(17-11(8)12(14)15)6-13(2)9-3-4-16-7-9/h5,9H,3-4,6-7H2,1-2H3,(H,14,15). The second-order valence-electron chi connectivity index (χ2n) is 4.46. The molecule has 0 aromatic carbocycles. The van der Waals surface area contributed by atoms with Gasteiger partial charge in [-0.3, -0.25) is 4.90 Å². The van der Waals surface area contributed by atoms with E-state index < -0.39 is 5.97 Å². The minimum Gasteiger partial charge on any atom is -0.475 e. The predicted molar refractivity (Wildman–Crippen MR) is 61.1 cm³/mol. The zero-order chi connectivity index (χ0) is 12.4. The second kappa shape index (κ2) is 4.89. The fourth-order valence-electron chi connectivity index (χ4n) is 2.08. The van der Waals surface area contributed by atoms with Crippen LogP contribution in [0.4, 0.5) is 0 Å². The molecule has 1 unspecified atom stereocenters. The van der Waals surface area contributed by atoms with Crippen LogP contribution in [0.2, 0.25) is 0 Å². The van der Waals surface area contributed by atoms with Crippen LogP contribution in [0.15, 0.2) is 10.5 Å². The van der Waals surface area contributed by atoms with Gasteiger partial charge in [-0.2, -0.15) is 0 Å². The molecule has 2 heterocycles. The molecule has 94 valence electrons. The Hall–Kier alpha value is -1.33. The third kappa shape index (κ3) is 2.68. The van der Waals surface area contributed by atoms with Gasteiger partial charge in [-0.15, -0.1) is 0 Å². The van der Waals surface area contributed by atoms with Gasteiger partial charge < -0.3 is 14.3 Å². The Bertz CT molecular complexity index is 407. The molecule has 0 amide bonds. The van der Waals surface area contributed by atoms with Crippen LogP contribution in [-0.4, -0.2) is 42.3 Å². The number of rotatable bonds is 4. The van der Waals surface area contributed by atoms with Gasteiger partial charge >= 0.3 is 5.97 Å². The summed E-state index contributed by atoms with van der Waals surface area (Å²) < 4.78 is 10.6. The number of likely N-dealkylation sites (N-methyl/N-ethyl adjacent to an activating group) is 1. The van der Waals surface area contributed by atoms with E-state index in [4.69, 9.17) is 14.3 Å². The predicted octanol–water partition coefficient (Wildman–Crippen LogP) is 1.51. The highest BCUT2D eigenvalue weighted by Crippen LogP contribution is 2.18. The minimum atomic E-state index is -1.01. The number of aryl methyl sites for hydroxylation is 1. The van der Waals surface area contributed by atoms with E-state index in [1.807, 2.05) is 7.05 Å². The van der Waals surface area contributed by atoms with E-state index in [-0.39, 0.29) is 5.76 Å². The van der Waals surface area contributed by atoms with Crippen molar-refractivity contribution in [3.8, 4) is 0 Å². The number of furan rings is 1. The van der Waals surface area contributed by atoms with Crippen LogP contribution < -0.4 is 0 Å². The molecular weight excluding hydrogens is 222 g/mol. The van der Waals surface area contributed by atoms with Crippen LogP contribution in [0.3, 0.4) is 0 Å². The zero-order valence-electron chi connectivity index (χ0n) is 10.1. The van der Waals surface area contributed by atoms with Gasteiger partial charge in [-0.25, -0.2) is 4.79 Å². The molecule has 5 heteroatoms. The number of aromatic carboxylic acids is 1. The number of nitrogens with zero attached hydrogens (tertiary/aromatic N) is 1. The van der Waals surface area contributed by atoms with E-state index in [0.717, 1.165) is 19.6 Å². The Labute approximate surface area is 100.0 Å². The molecule has 0 radical (unpaired) electrons. The molecule has 0 spiro atoms. The highest BCUT2D eigenvalue weighted by molar-refractivity contribution is 5.86. The summed E-state index contributed by atoms with van der Waals surface area (Å²) in [6.07, 6.45) is 1.02. The maximum atomic E-state index is 10.8. The van der Waals surface area contributed by atoms with Crippen molar-refractivity contribution in [1.29, 1.82) is 0 Å². The normalized spacial score (nSPS) is 20.1. The molecule has 1 aromatic heterocycles. The van der Waals surface area contributed by atoms with Gasteiger partial charge in [0.2, 0.25) is 5.76 Å². The molecule has 1 fully saturated rings. The molecule has 0 bridgehead atoms. The van der Waals surface area contributed by atoms with Crippen molar-refractivity contribution in [2.75, 3.05) is 20.3 Å².